The van der Waals surface area contributed by atoms with E-state index in [1.54, 1.807) is 0 Å². The summed E-state index contributed by atoms with van der Waals surface area (Å²) in [5, 5.41) is 0. The van der Waals surface area contributed by atoms with E-state index in [2.05, 4.69) is 16.9 Å². The van der Waals surface area contributed by atoms with Crippen molar-refractivity contribution >= 4 is 5.97 Å². The van der Waals surface area contributed by atoms with Gasteiger partial charge in [-0.05, 0) is 13.8 Å². The minimum absolute atomic E-state index is 0.147. The van der Waals surface area contributed by atoms with E-state index < -0.39 is 5.97 Å². The van der Waals surface area contributed by atoms with Crippen LogP contribution < -0.4 is 5.48 Å². The number of carbonyl (C=O) groups is 1. The fourth-order valence-corrected chi connectivity index (χ4v) is 0.218. The standard InChI is InChI=1S/C6H11NO2/c1-4-6(8)9-7-5(2)3/h4-5,7H,1H2,2-3H3. The molecule has 0 unspecified atom stereocenters. The van der Waals surface area contributed by atoms with Crippen LogP contribution in [0.4, 0.5) is 0 Å². The number of hydrogen-bond acceptors (Lipinski definition) is 3. The number of hydroxylamine groups is 1. The van der Waals surface area contributed by atoms with E-state index in [9.17, 15) is 4.79 Å². The molecule has 0 fully saturated rings. The normalized spacial score (nSPS) is 9.22. The topological polar surface area (TPSA) is 38.3 Å². The largest absolute Gasteiger partial charge is 0.367 e. The van der Waals surface area contributed by atoms with E-state index in [4.69, 9.17) is 0 Å². The summed E-state index contributed by atoms with van der Waals surface area (Å²) in [6.07, 6.45) is 1.11. The Kier molecular flexibility index (Phi) is 3.71. The maximum atomic E-state index is 10.3. The molecule has 0 aromatic heterocycles. The molecule has 0 aliphatic carbocycles. The molecule has 52 valence electrons. The van der Waals surface area contributed by atoms with Crippen molar-refractivity contribution in [3.8, 4) is 0 Å². The quantitative estimate of drug-likeness (QED) is 0.448. The molecule has 0 rings (SSSR count). The summed E-state index contributed by atoms with van der Waals surface area (Å²) in [5.74, 6) is -0.455. The van der Waals surface area contributed by atoms with Gasteiger partial charge in [-0.1, -0.05) is 6.58 Å². The van der Waals surface area contributed by atoms with Crippen molar-refractivity contribution in [2.45, 2.75) is 19.9 Å². The summed E-state index contributed by atoms with van der Waals surface area (Å²) >= 11 is 0. The van der Waals surface area contributed by atoms with Gasteiger partial charge in [-0.25, -0.2) is 4.79 Å². The third-order valence-corrected chi connectivity index (χ3v) is 0.562. The summed E-state index contributed by atoms with van der Waals surface area (Å²) in [6, 6.07) is 0.147. The molecule has 0 saturated carbocycles. The highest BCUT2D eigenvalue weighted by Gasteiger charge is 1.95. The fourth-order valence-electron chi connectivity index (χ4n) is 0.218. The van der Waals surface area contributed by atoms with Crippen molar-refractivity contribution < 1.29 is 9.63 Å². The molecule has 3 nitrogen and oxygen atoms in total. The van der Waals surface area contributed by atoms with Gasteiger partial charge in [0.2, 0.25) is 0 Å². The predicted molar refractivity (Wildman–Crippen MR) is 34.6 cm³/mol. The Morgan fingerprint density at radius 3 is 2.67 bits per heavy atom. The van der Waals surface area contributed by atoms with Gasteiger partial charge in [0, 0.05) is 12.1 Å². The number of rotatable bonds is 3. The van der Waals surface area contributed by atoms with Crippen LogP contribution in [0.25, 0.3) is 0 Å². The Bertz CT molecular complexity index is 110. The third-order valence-electron chi connectivity index (χ3n) is 0.562. The van der Waals surface area contributed by atoms with Gasteiger partial charge in [0.05, 0.1) is 0 Å². The zero-order chi connectivity index (χ0) is 7.28. The lowest BCUT2D eigenvalue weighted by Gasteiger charge is -2.04. The molecular formula is C6H11NO2. The molecule has 9 heavy (non-hydrogen) atoms. The third kappa shape index (κ3) is 5.03. The van der Waals surface area contributed by atoms with Gasteiger partial charge >= 0.3 is 5.97 Å². The maximum Gasteiger partial charge on any atom is 0.348 e. The molecule has 0 bridgehead atoms. The minimum Gasteiger partial charge on any atom is -0.367 e. The van der Waals surface area contributed by atoms with E-state index >= 15 is 0 Å². The summed E-state index contributed by atoms with van der Waals surface area (Å²) in [4.78, 5) is 14.8. The van der Waals surface area contributed by atoms with Crippen molar-refractivity contribution in [1.29, 1.82) is 0 Å². The molecule has 0 aromatic rings. The van der Waals surface area contributed by atoms with Crippen LogP contribution in [0.15, 0.2) is 12.7 Å². The Morgan fingerprint density at radius 1 is 1.78 bits per heavy atom. The lowest BCUT2D eigenvalue weighted by atomic mass is 10.4. The number of carbonyl (C=O) groups excluding carboxylic acids is 1. The fraction of sp³-hybridized carbons (Fsp3) is 0.500. The lowest BCUT2D eigenvalue weighted by molar-refractivity contribution is -0.146. The first-order chi connectivity index (χ1) is 4.16. The van der Waals surface area contributed by atoms with Crippen LogP contribution in [0.5, 0.6) is 0 Å². The van der Waals surface area contributed by atoms with Crippen molar-refractivity contribution in [2.24, 2.45) is 0 Å². The lowest BCUT2D eigenvalue weighted by Crippen LogP contribution is -2.25. The van der Waals surface area contributed by atoms with Gasteiger partial charge in [0.25, 0.3) is 0 Å². The molecule has 0 radical (unpaired) electrons. The zero-order valence-electron chi connectivity index (χ0n) is 5.68. The highest BCUT2D eigenvalue weighted by molar-refractivity contribution is 5.80. The second kappa shape index (κ2) is 4.09. The first kappa shape index (κ1) is 8.17. The van der Waals surface area contributed by atoms with E-state index in [-0.39, 0.29) is 6.04 Å². The van der Waals surface area contributed by atoms with Crippen LogP contribution in [-0.4, -0.2) is 12.0 Å². The Morgan fingerprint density at radius 2 is 2.33 bits per heavy atom. The van der Waals surface area contributed by atoms with Gasteiger partial charge in [-0.3, -0.25) is 0 Å². The second-order valence-corrected chi connectivity index (χ2v) is 1.90. The monoisotopic (exact) mass is 129 g/mol. The summed E-state index contributed by atoms with van der Waals surface area (Å²) in [6.45, 7) is 6.97. The van der Waals surface area contributed by atoms with Crippen LogP contribution >= 0.6 is 0 Å². The average Bonchev–Trinajstić information content (AvgIpc) is 1.83. The van der Waals surface area contributed by atoms with Crippen LogP contribution in [0.2, 0.25) is 0 Å². The van der Waals surface area contributed by atoms with Crippen LogP contribution in [0, 0.1) is 0 Å². The van der Waals surface area contributed by atoms with Crippen molar-refractivity contribution in [3.63, 3.8) is 0 Å². The Balaban J connectivity index is 3.27. The molecule has 0 saturated heterocycles. The maximum absolute atomic E-state index is 10.3. The molecule has 0 aliphatic heterocycles. The summed E-state index contributed by atoms with van der Waals surface area (Å²) in [7, 11) is 0. The zero-order valence-corrected chi connectivity index (χ0v) is 5.68. The average molecular weight is 129 g/mol. The van der Waals surface area contributed by atoms with E-state index in [1.165, 1.54) is 0 Å². The smallest absolute Gasteiger partial charge is 0.348 e. The van der Waals surface area contributed by atoms with Gasteiger partial charge in [-0.15, -0.1) is 0 Å². The van der Waals surface area contributed by atoms with Crippen molar-refractivity contribution in [2.75, 3.05) is 0 Å². The molecular weight excluding hydrogens is 118 g/mol. The van der Waals surface area contributed by atoms with Crippen LogP contribution in [0.1, 0.15) is 13.8 Å². The Hall–Kier alpha value is -0.830. The van der Waals surface area contributed by atoms with E-state index in [0.29, 0.717) is 0 Å². The van der Waals surface area contributed by atoms with Gasteiger partial charge < -0.3 is 4.84 Å². The summed E-state index contributed by atoms with van der Waals surface area (Å²) in [5.41, 5.74) is 2.48. The summed E-state index contributed by atoms with van der Waals surface area (Å²) < 4.78 is 0. The van der Waals surface area contributed by atoms with Crippen molar-refractivity contribution in [1.82, 2.24) is 5.48 Å². The predicted octanol–water partition coefficient (Wildman–Crippen LogP) is 0.629. The van der Waals surface area contributed by atoms with Crippen molar-refractivity contribution in [3.05, 3.63) is 12.7 Å². The number of hydrogen-bond donors (Lipinski definition) is 1. The molecule has 1 N–H and O–H groups in total. The van der Waals surface area contributed by atoms with Gasteiger partial charge in [-0.2, -0.15) is 5.48 Å². The number of nitrogens with one attached hydrogen (secondary N) is 1. The molecule has 0 heterocycles. The Labute approximate surface area is 54.7 Å². The van der Waals surface area contributed by atoms with E-state index in [1.807, 2.05) is 13.8 Å². The molecule has 0 atom stereocenters. The molecule has 0 amide bonds. The second-order valence-electron chi connectivity index (χ2n) is 1.90. The van der Waals surface area contributed by atoms with E-state index in [0.717, 1.165) is 6.08 Å². The van der Waals surface area contributed by atoms with Crippen LogP contribution in [-0.2, 0) is 9.63 Å². The van der Waals surface area contributed by atoms with Gasteiger partial charge in [0.15, 0.2) is 0 Å². The molecule has 0 spiro atoms. The molecule has 0 aliphatic rings. The molecule has 0 aromatic carbocycles. The first-order valence-electron chi connectivity index (χ1n) is 2.75. The first-order valence-corrected chi connectivity index (χ1v) is 2.75. The SMILES string of the molecule is C=CC(=O)ONC(C)C. The highest BCUT2D eigenvalue weighted by atomic mass is 16.7. The van der Waals surface area contributed by atoms with Crippen LogP contribution in [0.3, 0.4) is 0 Å². The highest BCUT2D eigenvalue weighted by Crippen LogP contribution is 1.78. The molecule has 3 heteroatoms. The minimum atomic E-state index is -0.455. The van der Waals surface area contributed by atoms with Gasteiger partial charge in [0.1, 0.15) is 0 Å².